The predicted molar refractivity (Wildman–Crippen MR) is 203 cm³/mol. The number of unbranched alkanes of at least 4 members (excludes halogenated alkanes) is 5. The number of rotatable bonds is 32. The first-order valence-corrected chi connectivity index (χ1v) is 18.6. The van der Waals surface area contributed by atoms with Gasteiger partial charge in [0, 0.05) is 12.8 Å². The number of ether oxygens (including phenoxy) is 4. The number of likely N-dealkylation sites (N-methyl/N-ethyl adjacent to an activating group) is 1. The summed E-state index contributed by atoms with van der Waals surface area (Å²) in [5.41, 5.74) is 0. The van der Waals surface area contributed by atoms with E-state index in [0.29, 0.717) is 17.4 Å². The molecule has 0 radical (unpaired) electrons. The lowest BCUT2D eigenvalue weighted by Gasteiger charge is -2.25. The minimum atomic E-state index is -1.53. The van der Waals surface area contributed by atoms with Crippen LogP contribution >= 0.6 is 0 Å². The summed E-state index contributed by atoms with van der Waals surface area (Å²) in [6.07, 6.45) is 35.8. The van der Waals surface area contributed by atoms with Crippen LogP contribution in [0.1, 0.15) is 110 Å². The van der Waals surface area contributed by atoms with Crippen LogP contribution in [0.2, 0.25) is 0 Å². The summed E-state index contributed by atoms with van der Waals surface area (Å²) in [7, 11) is 5.90. The van der Waals surface area contributed by atoms with Crippen molar-refractivity contribution < 1.29 is 42.9 Å². The topological polar surface area (TPSA) is 108 Å². The van der Waals surface area contributed by atoms with Crippen LogP contribution in [0.4, 0.5) is 0 Å². The molecule has 2 atom stereocenters. The fourth-order valence-electron chi connectivity index (χ4n) is 4.33. The van der Waals surface area contributed by atoms with Gasteiger partial charge in [-0.25, -0.2) is 4.79 Å². The molecule has 50 heavy (non-hydrogen) atoms. The van der Waals surface area contributed by atoms with Crippen molar-refractivity contribution in [2.75, 3.05) is 47.5 Å². The molecule has 0 aliphatic carbocycles. The summed E-state index contributed by atoms with van der Waals surface area (Å²) in [6.45, 7) is 4.55. The zero-order valence-corrected chi connectivity index (χ0v) is 31.8. The van der Waals surface area contributed by atoms with Crippen LogP contribution in [-0.2, 0) is 33.3 Å². The van der Waals surface area contributed by atoms with Gasteiger partial charge in [-0.1, -0.05) is 119 Å². The number of hydrogen-bond acceptors (Lipinski definition) is 7. The quantitative estimate of drug-likeness (QED) is 0.0244. The van der Waals surface area contributed by atoms with Crippen molar-refractivity contribution in [2.24, 2.45) is 0 Å². The molecule has 0 aromatic carbocycles. The van der Waals surface area contributed by atoms with Gasteiger partial charge in [-0.05, 0) is 51.4 Å². The normalized spacial score (nSPS) is 13.9. The molecule has 0 aliphatic heterocycles. The smallest absolute Gasteiger partial charge is 0.361 e. The highest BCUT2D eigenvalue weighted by molar-refractivity contribution is 5.71. The van der Waals surface area contributed by atoms with E-state index in [9.17, 15) is 19.5 Å². The fraction of sp³-hybridized carbons (Fsp3) is 0.634. The van der Waals surface area contributed by atoms with E-state index >= 15 is 0 Å². The Morgan fingerprint density at radius 3 is 1.66 bits per heavy atom. The van der Waals surface area contributed by atoms with Gasteiger partial charge in [0.05, 0.1) is 34.4 Å². The first-order valence-electron chi connectivity index (χ1n) is 18.6. The molecule has 0 amide bonds. The van der Waals surface area contributed by atoms with E-state index in [4.69, 9.17) is 18.9 Å². The van der Waals surface area contributed by atoms with Crippen LogP contribution in [0.25, 0.3) is 0 Å². The van der Waals surface area contributed by atoms with E-state index in [2.05, 4.69) is 74.6 Å². The van der Waals surface area contributed by atoms with E-state index in [1.165, 1.54) is 6.42 Å². The Labute approximate surface area is 303 Å². The van der Waals surface area contributed by atoms with E-state index in [1.54, 1.807) is 0 Å². The zero-order chi connectivity index (χ0) is 37.1. The van der Waals surface area contributed by atoms with E-state index in [-0.39, 0.29) is 38.6 Å². The lowest BCUT2D eigenvalue weighted by molar-refractivity contribution is -0.870. The molecular weight excluding hydrogens is 634 g/mol. The maximum Gasteiger partial charge on any atom is 0.361 e. The van der Waals surface area contributed by atoms with Crippen molar-refractivity contribution in [3.05, 3.63) is 72.9 Å². The Hall–Kier alpha value is -3.27. The molecule has 0 aromatic rings. The van der Waals surface area contributed by atoms with Crippen molar-refractivity contribution in [3.63, 3.8) is 0 Å². The number of nitrogens with zero attached hydrogens (tertiary/aromatic N) is 1. The molecule has 0 heterocycles. The molecule has 9 nitrogen and oxygen atoms in total. The average Bonchev–Trinajstić information content (AvgIpc) is 3.06. The standard InChI is InChI=1S/C41H67NO8/c1-6-8-10-12-14-15-16-17-18-19-20-21-22-23-24-25-26-28-30-32-39(44)50-37(35-48-38(43)31-29-27-13-11-9-7-2)36-49-41(40(45)46)47-34-33-42(3,4)5/h8,10,14-15,17-18,20-21,23-24,26,28,37,41H,6-7,9,11-13,16,19,22,25,27,29-36H2,1-5H3/p+1/b10-8-,15-14-,18-17-,21-20-,24-23-,28-26-. The number of hydrogen-bond donors (Lipinski definition) is 1. The van der Waals surface area contributed by atoms with Crippen molar-refractivity contribution in [2.45, 2.75) is 123 Å². The SMILES string of the molecule is CC/C=C\C/C=C\C/C=C\C/C=C\C/C=C\C/C=C\CCC(=O)OC(COC(=O)CCCCCCCC)COC(OCC[N+](C)(C)C)C(=O)O. The second-order valence-electron chi connectivity index (χ2n) is 13.2. The van der Waals surface area contributed by atoms with Gasteiger partial charge in [-0.2, -0.15) is 0 Å². The first-order chi connectivity index (χ1) is 24.1. The number of carbonyl (C=O) groups is 3. The molecule has 0 aliphatic rings. The van der Waals surface area contributed by atoms with Gasteiger partial charge in [-0.3, -0.25) is 9.59 Å². The Kier molecular flexibility index (Phi) is 30.8. The van der Waals surface area contributed by atoms with Gasteiger partial charge in [0.2, 0.25) is 0 Å². The largest absolute Gasteiger partial charge is 0.477 e. The summed E-state index contributed by atoms with van der Waals surface area (Å²) in [5.74, 6) is -2.15. The Bertz CT molecular complexity index is 1050. The molecule has 0 saturated heterocycles. The number of aliphatic carboxylic acids is 1. The average molecular weight is 703 g/mol. The number of quaternary nitrogens is 1. The molecule has 0 spiro atoms. The molecular formula is C41H68NO8+. The van der Waals surface area contributed by atoms with Gasteiger partial charge in [0.25, 0.3) is 6.29 Å². The van der Waals surface area contributed by atoms with Crippen molar-refractivity contribution in [1.82, 2.24) is 0 Å². The van der Waals surface area contributed by atoms with Crippen molar-refractivity contribution in [1.29, 1.82) is 0 Å². The number of carbonyl (C=O) groups excluding carboxylic acids is 2. The molecule has 0 saturated carbocycles. The summed E-state index contributed by atoms with van der Waals surface area (Å²) >= 11 is 0. The second-order valence-corrected chi connectivity index (χ2v) is 13.2. The molecule has 1 N–H and O–H groups in total. The van der Waals surface area contributed by atoms with E-state index in [0.717, 1.165) is 70.6 Å². The van der Waals surface area contributed by atoms with Crippen molar-refractivity contribution in [3.8, 4) is 0 Å². The highest BCUT2D eigenvalue weighted by Crippen LogP contribution is 2.10. The van der Waals surface area contributed by atoms with Gasteiger partial charge in [0.15, 0.2) is 6.10 Å². The molecule has 0 bridgehead atoms. The van der Waals surface area contributed by atoms with Crippen LogP contribution in [0.5, 0.6) is 0 Å². The molecule has 0 fully saturated rings. The lowest BCUT2D eigenvalue weighted by atomic mass is 10.1. The third kappa shape index (κ3) is 33.2. The maximum atomic E-state index is 12.6. The van der Waals surface area contributed by atoms with E-state index in [1.807, 2.05) is 33.3 Å². The van der Waals surface area contributed by atoms with Crippen LogP contribution in [0, 0.1) is 0 Å². The number of allylic oxidation sites excluding steroid dienone is 12. The minimum absolute atomic E-state index is 0.132. The summed E-state index contributed by atoms with van der Waals surface area (Å²) in [6, 6.07) is 0. The van der Waals surface area contributed by atoms with Crippen LogP contribution in [-0.4, -0.2) is 87.4 Å². The van der Waals surface area contributed by atoms with Crippen LogP contribution in [0.3, 0.4) is 0 Å². The molecule has 0 rings (SSSR count). The highest BCUT2D eigenvalue weighted by Gasteiger charge is 2.25. The van der Waals surface area contributed by atoms with Crippen LogP contribution in [0.15, 0.2) is 72.9 Å². The lowest BCUT2D eigenvalue weighted by Crippen LogP contribution is -2.40. The number of carboxylic acids is 1. The molecule has 284 valence electrons. The second kappa shape index (κ2) is 32.9. The molecule has 0 aromatic heterocycles. The number of carboxylic acid groups (broad SMARTS) is 1. The summed E-state index contributed by atoms with van der Waals surface area (Å²) in [4.78, 5) is 36.6. The van der Waals surface area contributed by atoms with E-state index < -0.39 is 24.3 Å². The number of esters is 2. The third-order valence-corrected chi connectivity index (χ3v) is 7.24. The first kappa shape index (κ1) is 46.7. The summed E-state index contributed by atoms with van der Waals surface area (Å²) < 4.78 is 22.4. The third-order valence-electron chi connectivity index (χ3n) is 7.24. The Morgan fingerprint density at radius 1 is 0.620 bits per heavy atom. The van der Waals surface area contributed by atoms with Crippen LogP contribution < -0.4 is 0 Å². The molecule has 2 unspecified atom stereocenters. The minimum Gasteiger partial charge on any atom is -0.477 e. The Balaban J connectivity index is 4.62. The predicted octanol–water partition coefficient (Wildman–Crippen LogP) is 8.82. The Morgan fingerprint density at radius 2 is 1.14 bits per heavy atom. The molecule has 9 heteroatoms. The van der Waals surface area contributed by atoms with Gasteiger partial charge in [-0.15, -0.1) is 0 Å². The van der Waals surface area contributed by atoms with Gasteiger partial charge < -0.3 is 28.5 Å². The van der Waals surface area contributed by atoms with Gasteiger partial charge >= 0.3 is 17.9 Å². The fourth-order valence-corrected chi connectivity index (χ4v) is 4.33. The zero-order valence-electron chi connectivity index (χ0n) is 31.8. The van der Waals surface area contributed by atoms with Gasteiger partial charge in [0.1, 0.15) is 13.2 Å². The summed E-state index contributed by atoms with van der Waals surface area (Å²) in [5, 5.41) is 9.55. The highest BCUT2D eigenvalue weighted by atomic mass is 16.7. The van der Waals surface area contributed by atoms with Crippen molar-refractivity contribution >= 4 is 17.9 Å². The maximum absolute atomic E-state index is 12.6. The monoisotopic (exact) mass is 702 g/mol.